The first-order valence-corrected chi connectivity index (χ1v) is 9.90. The molecule has 1 aromatic carbocycles. The number of carbonyl (C=O) groups excluding carboxylic acids is 1. The fourth-order valence-electron chi connectivity index (χ4n) is 4.18. The molecule has 0 N–H and O–H groups in total. The fourth-order valence-corrected chi connectivity index (χ4v) is 4.18. The third-order valence-corrected chi connectivity index (χ3v) is 5.76. The maximum atomic E-state index is 14.3. The van der Waals surface area contributed by atoms with E-state index in [0.29, 0.717) is 19.0 Å². The second kappa shape index (κ2) is 8.33. The van der Waals surface area contributed by atoms with Gasteiger partial charge in [-0.1, -0.05) is 19.9 Å². The lowest BCUT2D eigenvalue weighted by molar-refractivity contribution is -0.129. The molecule has 0 bridgehead atoms. The van der Waals surface area contributed by atoms with Crippen molar-refractivity contribution < 1.29 is 13.6 Å². The Morgan fingerprint density at radius 1 is 1.21 bits per heavy atom. The second-order valence-electron chi connectivity index (χ2n) is 7.85. The summed E-state index contributed by atoms with van der Waals surface area (Å²) in [5.74, 6) is -0.540. The summed E-state index contributed by atoms with van der Waals surface area (Å²) < 4.78 is 28.5. The lowest BCUT2D eigenvalue weighted by atomic mass is 9.74. The monoisotopic (exact) mass is 387 g/mol. The maximum absolute atomic E-state index is 14.3. The van der Waals surface area contributed by atoms with Crippen LogP contribution in [-0.2, 0) is 4.79 Å². The van der Waals surface area contributed by atoms with Crippen molar-refractivity contribution >= 4 is 5.91 Å². The van der Waals surface area contributed by atoms with Gasteiger partial charge in [0.05, 0.1) is 17.0 Å². The van der Waals surface area contributed by atoms with Crippen LogP contribution < -0.4 is 0 Å². The van der Waals surface area contributed by atoms with Gasteiger partial charge in [-0.05, 0) is 55.4 Å². The van der Waals surface area contributed by atoms with E-state index < -0.39 is 11.6 Å². The van der Waals surface area contributed by atoms with Crippen LogP contribution in [0.5, 0.6) is 0 Å². The summed E-state index contributed by atoms with van der Waals surface area (Å²) in [6.07, 6.45) is 1.87. The highest BCUT2D eigenvalue weighted by Crippen LogP contribution is 2.42. The molecule has 1 heterocycles. The number of likely N-dealkylation sites (N-methyl/N-ethyl adjacent to an activating group) is 1. The van der Waals surface area contributed by atoms with Gasteiger partial charge in [0.1, 0.15) is 11.6 Å². The van der Waals surface area contributed by atoms with Crippen LogP contribution in [-0.4, -0.2) is 34.1 Å². The highest BCUT2D eigenvalue weighted by molar-refractivity contribution is 5.73. The maximum Gasteiger partial charge on any atom is 0.219 e. The summed E-state index contributed by atoms with van der Waals surface area (Å²) in [7, 11) is 0. The van der Waals surface area contributed by atoms with Crippen molar-refractivity contribution in [2.75, 3.05) is 13.1 Å². The minimum absolute atomic E-state index is 0.0352. The van der Waals surface area contributed by atoms with Crippen molar-refractivity contribution in [3.63, 3.8) is 0 Å². The summed E-state index contributed by atoms with van der Waals surface area (Å²) in [5.41, 5.74) is 1.93. The molecule has 1 aliphatic carbocycles. The van der Waals surface area contributed by atoms with Crippen molar-refractivity contribution in [2.24, 2.45) is 5.92 Å². The number of hydrogen-bond acceptors (Lipinski definition) is 3. The molecule has 0 fully saturated rings. The number of amides is 1. The molecule has 2 unspecified atom stereocenters. The Morgan fingerprint density at radius 2 is 1.89 bits per heavy atom. The average Bonchev–Trinajstić information content (AvgIpc) is 2.65. The minimum Gasteiger partial charge on any atom is -0.343 e. The Bertz CT molecular complexity index is 849. The fraction of sp³-hybridized carbons (Fsp3) is 0.500. The molecule has 2 aromatic rings. The molecule has 0 saturated heterocycles. The van der Waals surface area contributed by atoms with Gasteiger partial charge in [0.2, 0.25) is 5.91 Å². The quantitative estimate of drug-likeness (QED) is 0.732. The van der Waals surface area contributed by atoms with Gasteiger partial charge in [0.25, 0.3) is 0 Å². The van der Waals surface area contributed by atoms with Gasteiger partial charge in [-0.15, -0.1) is 0 Å². The van der Waals surface area contributed by atoms with Crippen molar-refractivity contribution in [1.29, 1.82) is 0 Å². The number of hydrogen-bond donors (Lipinski definition) is 0. The Morgan fingerprint density at radius 3 is 2.46 bits per heavy atom. The van der Waals surface area contributed by atoms with E-state index in [0.717, 1.165) is 24.1 Å². The van der Waals surface area contributed by atoms with Crippen LogP contribution in [0.15, 0.2) is 24.3 Å². The Hall–Kier alpha value is -2.37. The molecule has 1 aliphatic rings. The van der Waals surface area contributed by atoms with Crippen molar-refractivity contribution in [2.45, 2.75) is 52.4 Å². The Kier molecular flexibility index (Phi) is 6.06. The molecule has 1 amide bonds. The van der Waals surface area contributed by atoms with Crippen molar-refractivity contribution in [3.05, 3.63) is 47.2 Å². The zero-order valence-corrected chi connectivity index (χ0v) is 16.9. The second-order valence-corrected chi connectivity index (χ2v) is 7.85. The first-order chi connectivity index (χ1) is 13.3. The number of benzene rings is 1. The largest absolute Gasteiger partial charge is 0.343 e. The van der Waals surface area contributed by atoms with E-state index in [-0.39, 0.29) is 29.0 Å². The molecule has 0 saturated carbocycles. The van der Waals surface area contributed by atoms with Crippen LogP contribution in [0.4, 0.5) is 8.78 Å². The van der Waals surface area contributed by atoms with E-state index in [9.17, 15) is 13.6 Å². The number of halogens is 2. The molecular weight excluding hydrogens is 360 g/mol. The molecule has 150 valence electrons. The standard InChI is InChI=1S/C22H27F2N3O/c1-5-27(14(4)28)12-15-9-10-16(13(2)3)17-11-20(25-26-22(15)17)21-18(23)7-6-8-19(21)24/h6-8,11,13,15-16H,5,9-10,12H2,1-4H3. The van der Waals surface area contributed by atoms with Crippen LogP contribution in [0.2, 0.25) is 0 Å². The summed E-state index contributed by atoms with van der Waals surface area (Å²) >= 11 is 0. The SMILES string of the molecule is CCN(CC1CCC(C(C)C)c2cc(-c3c(F)cccc3F)nnc21)C(C)=O. The van der Waals surface area contributed by atoms with Crippen LogP contribution in [0.1, 0.15) is 63.6 Å². The summed E-state index contributed by atoms with van der Waals surface area (Å²) in [4.78, 5) is 13.7. The summed E-state index contributed by atoms with van der Waals surface area (Å²) in [5, 5.41) is 8.59. The topological polar surface area (TPSA) is 46.1 Å². The molecule has 1 aromatic heterocycles. The molecule has 6 heteroatoms. The predicted octanol–water partition coefficient (Wildman–Crippen LogP) is 4.91. The molecule has 0 radical (unpaired) electrons. The van der Waals surface area contributed by atoms with E-state index in [1.165, 1.54) is 18.2 Å². The normalized spacial score (nSPS) is 18.8. The lowest BCUT2D eigenvalue weighted by Crippen LogP contribution is -2.35. The van der Waals surface area contributed by atoms with Crippen molar-refractivity contribution in [3.8, 4) is 11.3 Å². The Labute approximate surface area is 165 Å². The van der Waals surface area contributed by atoms with Crippen LogP contribution >= 0.6 is 0 Å². The highest BCUT2D eigenvalue weighted by atomic mass is 19.1. The summed E-state index contributed by atoms with van der Waals surface area (Å²) in [6, 6.07) is 5.60. The number of nitrogens with zero attached hydrogens (tertiary/aromatic N) is 3. The third-order valence-electron chi connectivity index (χ3n) is 5.76. The van der Waals surface area contributed by atoms with Gasteiger partial charge in [-0.3, -0.25) is 4.79 Å². The number of fused-ring (bicyclic) bond motifs is 1. The number of carbonyl (C=O) groups is 1. The zero-order chi connectivity index (χ0) is 20.4. The van der Waals surface area contributed by atoms with Crippen LogP contribution in [0.25, 0.3) is 11.3 Å². The van der Waals surface area contributed by atoms with Crippen molar-refractivity contribution in [1.82, 2.24) is 15.1 Å². The summed E-state index contributed by atoms with van der Waals surface area (Å²) in [6.45, 7) is 9.04. The predicted molar refractivity (Wildman–Crippen MR) is 105 cm³/mol. The van der Waals surface area contributed by atoms with E-state index >= 15 is 0 Å². The van der Waals surface area contributed by atoms with E-state index in [1.54, 1.807) is 17.9 Å². The molecule has 28 heavy (non-hydrogen) atoms. The van der Waals surface area contributed by atoms with Gasteiger partial charge in [0.15, 0.2) is 0 Å². The number of rotatable bonds is 5. The minimum atomic E-state index is -0.642. The average molecular weight is 387 g/mol. The lowest BCUT2D eigenvalue weighted by Gasteiger charge is -2.35. The first kappa shape index (κ1) is 20.4. The van der Waals surface area contributed by atoms with Gasteiger partial charge >= 0.3 is 0 Å². The first-order valence-electron chi connectivity index (χ1n) is 9.90. The molecular formula is C22H27F2N3O. The molecule has 3 rings (SSSR count). The molecule has 2 atom stereocenters. The number of aromatic nitrogens is 2. The van der Waals surface area contributed by atoms with Crippen LogP contribution in [0.3, 0.4) is 0 Å². The molecule has 0 spiro atoms. The highest BCUT2D eigenvalue weighted by Gasteiger charge is 2.33. The zero-order valence-electron chi connectivity index (χ0n) is 16.9. The van der Waals surface area contributed by atoms with Crippen LogP contribution in [0, 0.1) is 17.6 Å². The Balaban J connectivity index is 2.05. The van der Waals surface area contributed by atoms with E-state index in [2.05, 4.69) is 24.0 Å². The molecule has 0 aliphatic heterocycles. The van der Waals surface area contributed by atoms with E-state index in [4.69, 9.17) is 0 Å². The smallest absolute Gasteiger partial charge is 0.219 e. The van der Waals surface area contributed by atoms with E-state index in [1.807, 2.05) is 6.92 Å². The third kappa shape index (κ3) is 3.91. The van der Waals surface area contributed by atoms with Gasteiger partial charge in [0, 0.05) is 25.9 Å². The van der Waals surface area contributed by atoms with Gasteiger partial charge in [-0.2, -0.15) is 10.2 Å². The van der Waals surface area contributed by atoms with Gasteiger partial charge < -0.3 is 4.90 Å². The molecule has 4 nitrogen and oxygen atoms in total. The van der Waals surface area contributed by atoms with Gasteiger partial charge in [-0.25, -0.2) is 8.78 Å².